The minimum absolute atomic E-state index is 0.363. The number of rotatable bonds is 8. The van der Waals surface area contributed by atoms with Crippen LogP contribution in [0.15, 0.2) is 152 Å². The number of allylic oxidation sites excluding steroid dienone is 4. The van der Waals surface area contributed by atoms with Crippen molar-refractivity contribution >= 4 is 48.0 Å². The van der Waals surface area contributed by atoms with Crippen LogP contribution in [-0.4, -0.2) is 16.1 Å². The van der Waals surface area contributed by atoms with Gasteiger partial charge in [0.25, 0.3) is 0 Å². The highest BCUT2D eigenvalue weighted by molar-refractivity contribution is 9.12. The Morgan fingerprint density at radius 3 is 0.841 bits per heavy atom. The van der Waals surface area contributed by atoms with Gasteiger partial charge in [0.15, 0.2) is 0 Å². The fourth-order valence-corrected chi connectivity index (χ4v) is 24.1. The molecule has 0 N–H and O–H groups in total. The van der Waals surface area contributed by atoms with E-state index in [4.69, 9.17) is 0 Å². The van der Waals surface area contributed by atoms with Crippen LogP contribution < -0.4 is 0 Å². The van der Waals surface area contributed by atoms with Crippen molar-refractivity contribution in [2.75, 3.05) is 0 Å². The van der Waals surface area contributed by atoms with Crippen LogP contribution in [0.3, 0.4) is 0 Å². The zero-order valence-electron chi connectivity index (χ0n) is 26.3. The minimum atomic E-state index is -2.25. The molecule has 0 radical (unpaired) electrons. The first kappa shape index (κ1) is 31.5. The first-order valence-electron chi connectivity index (χ1n) is 16.2. The van der Waals surface area contributed by atoms with Gasteiger partial charge in [0.05, 0.1) is 10.8 Å². The molecule has 0 aromatic heterocycles. The largest absolute Gasteiger partial charge is 0.123 e. The fourth-order valence-electron chi connectivity index (χ4n) is 8.60. The van der Waals surface area contributed by atoms with E-state index in [1.54, 1.807) is 10.4 Å². The smallest absolute Gasteiger partial charge is 0.0672 e. The number of halogens is 2. The van der Waals surface area contributed by atoms with Gasteiger partial charge in [0.2, 0.25) is 0 Å². The Kier molecular flexibility index (Phi) is 8.84. The molecule has 0 bridgehead atoms. The second-order valence-electron chi connectivity index (χ2n) is 12.4. The molecule has 224 valence electrons. The van der Waals surface area contributed by atoms with Crippen molar-refractivity contribution in [3.05, 3.63) is 174 Å². The van der Waals surface area contributed by atoms with Crippen LogP contribution in [0, 0.1) is 0 Å². The molecule has 0 unspecified atom stereocenters. The van der Waals surface area contributed by atoms with E-state index < -0.39 is 16.1 Å². The third-order valence-corrected chi connectivity index (χ3v) is 26.3. The van der Waals surface area contributed by atoms with Gasteiger partial charge in [-0.05, 0) is 30.5 Å². The number of hydrogen-bond donors (Lipinski definition) is 0. The molecule has 2 heterocycles. The summed E-state index contributed by atoms with van der Waals surface area (Å²) in [6.07, 6.45) is 5.30. The van der Waals surface area contributed by atoms with E-state index in [1.165, 1.54) is 30.5 Å². The Morgan fingerprint density at radius 1 is 0.409 bits per heavy atom. The van der Waals surface area contributed by atoms with Gasteiger partial charge in [0, 0.05) is 0 Å². The monoisotopic (exact) mass is 736 g/mol. The average Bonchev–Trinajstić information content (AvgIpc) is 3.51. The lowest BCUT2D eigenvalue weighted by atomic mass is 9.69. The molecule has 2 aliphatic heterocycles. The van der Waals surface area contributed by atoms with Gasteiger partial charge in [-0.15, -0.1) is 0 Å². The molecule has 4 aromatic carbocycles. The van der Waals surface area contributed by atoms with E-state index in [1.807, 2.05) is 0 Å². The van der Waals surface area contributed by atoms with E-state index in [2.05, 4.69) is 193 Å². The molecule has 4 aromatic rings. The van der Waals surface area contributed by atoms with Crippen LogP contribution >= 0.6 is 31.9 Å². The Balaban J connectivity index is 1.93. The van der Waals surface area contributed by atoms with Gasteiger partial charge in [-0.2, -0.15) is 0 Å². The second kappa shape index (κ2) is 12.4. The summed E-state index contributed by atoms with van der Waals surface area (Å²) in [6, 6.07) is 50.2. The second-order valence-corrected chi connectivity index (χ2v) is 24.8. The third-order valence-electron chi connectivity index (χ3n) is 10.9. The summed E-state index contributed by atoms with van der Waals surface area (Å²) in [5.41, 5.74) is 4.76. The highest BCUT2D eigenvalue weighted by atomic mass is 79.9. The minimum Gasteiger partial charge on any atom is -0.0672 e. The molecule has 0 saturated carbocycles. The molecule has 2 aliphatic rings. The Hall–Kier alpha value is -2.51. The molecule has 0 amide bonds. The van der Waals surface area contributed by atoms with E-state index in [0.29, 0.717) is 0 Å². The van der Waals surface area contributed by atoms with E-state index in [9.17, 15) is 0 Å². The maximum Gasteiger partial charge on any atom is 0.123 e. The standard InChI is InChI=1S/C40H42Br2Si2/c1-5-43(6-2)35(41)29-39(31-21-13-9-14-22-31,32-23-15-10-16-24-32)37(43)38-40(33-25-17-11-18-26-33,34-27-19-12-20-28-34)30-36(42)44(38,7-3)8-4/h9-30H,5-8H2,1-4H3. The molecule has 6 rings (SSSR count). The highest BCUT2D eigenvalue weighted by Gasteiger charge is 2.63. The van der Waals surface area contributed by atoms with Crippen molar-refractivity contribution in [2.45, 2.75) is 62.7 Å². The van der Waals surface area contributed by atoms with Crippen LogP contribution in [0.5, 0.6) is 0 Å². The van der Waals surface area contributed by atoms with Crippen LogP contribution in [-0.2, 0) is 10.8 Å². The van der Waals surface area contributed by atoms with Gasteiger partial charge in [0.1, 0.15) is 16.1 Å². The predicted octanol–water partition coefficient (Wildman–Crippen LogP) is 12.0. The first-order valence-corrected chi connectivity index (χ1v) is 22.6. The number of benzene rings is 4. The number of hydrogen-bond acceptors (Lipinski definition) is 0. The van der Waals surface area contributed by atoms with Crippen LogP contribution in [0.1, 0.15) is 49.9 Å². The molecule has 0 nitrogen and oxygen atoms in total. The van der Waals surface area contributed by atoms with Crippen molar-refractivity contribution in [3.8, 4) is 0 Å². The molecule has 0 aliphatic carbocycles. The molecule has 0 saturated heterocycles. The average molecular weight is 739 g/mol. The molecule has 0 spiro atoms. The fraction of sp³-hybridized carbons (Fsp3) is 0.250. The summed E-state index contributed by atoms with van der Waals surface area (Å²) < 4.78 is 2.91. The summed E-state index contributed by atoms with van der Waals surface area (Å²) in [5.74, 6) is 0. The van der Waals surface area contributed by atoms with Gasteiger partial charge in [-0.1, -0.05) is 228 Å². The van der Waals surface area contributed by atoms with E-state index in [0.717, 1.165) is 24.2 Å². The SMILES string of the molecule is CC[Si]1(CC)C(Br)=CC(c2ccccc2)(c2ccccc2)C1=C1C(c2ccccc2)(c2ccccc2)C=C(Br)[Si]1(CC)CC. The van der Waals surface area contributed by atoms with E-state index >= 15 is 0 Å². The van der Waals surface area contributed by atoms with Crippen LogP contribution in [0.4, 0.5) is 0 Å². The van der Waals surface area contributed by atoms with Crippen molar-refractivity contribution in [1.82, 2.24) is 0 Å². The summed E-state index contributed by atoms with van der Waals surface area (Å²) >= 11 is 8.72. The first-order chi connectivity index (χ1) is 21.4. The third kappa shape index (κ3) is 4.39. The van der Waals surface area contributed by atoms with Crippen molar-refractivity contribution in [3.63, 3.8) is 0 Å². The summed E-state index contributed by atoms with van der Waals surface area (Å²) in [4.78, 5) is 0. The molecule has 0 fully saturated rings. The lowest BCUT2D eigenvalue weighted by Gasteiger charge is -2.48. The van der Waals surface area contributed by atoms with E-state index in [-0.39, 0.29) is 10.8 Å². The van der Waals surface area contributed by atoms with Crippen LogP contribution in [0.2, 0.25) is 24.2 Å². The summed E-state index contributed by atoms with van der Waals surface area (Å²) in [6.45, 7) is 9.84. The summed E-state index contributed by atoms with van der Waals surface area (Å²) in [5, 5.41) is 3.46. The molecule has 44 heavy (non-hydrogen) atoms. The maximum atomic E-state index is 4.36. The zero-order valence-corrected chi connectivity index (χ0v) is 31.5. The Bertz CT molecular complexity index is 1490. The highest BCUT2D eigenvalue weighted by Crippen LogP contribution is 2.65. The normalized spacial score (nSPS) is 21.1. The van der Waals surface area contributed by atoms with Gasteiger partial charge < -0.3 is 0 Å². The molecule has 4 heteroatoms. The topological polar surface area (TPSA) is 0 Å². The van der Waals surface area contributed by atoms with Crippen molar-refractivity contribution in [2.24, 2.45) is 0 Å². The zero-order chi connectivity index (χ0) is 31.0. The molecular weight excluding hydrogens is 696 g/mol. The van der Waals surface area contributed by atoms with Crippen molar-refractivity contribution in [1.29, 1.82) is 0 Å². The lowest BCUT2D eigenvalue weighted by Crippen LogP contribution is -2.50. The maximum absolute atomic E-state index is 4.36. The molecular formula is C40H42Br2Si2. The predicted molar refractivity (Wildman–Crippen MR) is 202 cm³/mol. The summed E-state index contributed by atoms with van der Waals surface area (Å²) in [7, 11) is -4.49. The Morgan fingerprint density at radius 2 is 0.636 bits per heavy atom. The van der Waals surface area contributed by atoms with Gasteiger partial charge >= 0.3 is 0 Å². The van der Waals surface area contributed by atoms with Crippen molar-refractivity contribution < 1.29 is 0 Å². The van der Waals surface area contributed by atoms with Gasteiger partial charge in [-0.25, -0.2) is 0 Å². The van der Waals surface area contributed by atoms with Gasteiger partial charge in [-0.3, -0.25) is 0 Å². The Labute approximate surface area is 283 Å². The molecule has 0 atom stereocenters. The quantitative estimate of drug-likeness (QED) is 0.158. The lowest BCUT2D eigenvalue weighted by molar-refractivity contribution is 0.740. The van der Waals surface area contributed by atoms with Crippen LogP contribution in [0.25, 0.3) is 0 Å².